The summed E-state index contributed by atoms with van der Waals surface area (Å²) in [7, 11) is 0. The molecule has 1 N–H and O–H groups in total. The van der Waals surface area contributed by atoms with Crippen LogP contribution in [0.1, 0.15) is 11.3 Å². The number of nitrogens with one attached hydrogen (secondary N) is 1. The van der Waals surface area contributed by atoms with Gasteiger partial charge in [0.15, 0.2) is 0 Å². The maximum absolute atomic E-state index is 6.17. The lowest BCUT2D eigenvalue weighted by atomic mass is 10.1. The van der Waals surface area contributed by atoms with Gasteiger partial charge in [-0.25, -0.2) is 9.97 Å². The molecule has 0 aliphatic rings. The van der Waals surface area contributed by atoms with Crippen molar-refractivity contribution in [3.8, 4) is 11.5 Å². The number of hydrogen-bond acceptors (Lipinski definition) is 4. The van der Waals surface area contributed by atoms with Crippen molar-refractivity contribution in [2.24, 2.45) is 0 Å². The molecule has 0 amide bonds. The Balaban J connectivity index is 1.56. The third-order valence-corrected chi connectivity index (χ3v) is 4.55. The van der Waals surface area contributed by atoms with Gasteiger partial charge in [-0.2, -0.15) is 0 Å². The molecule has 0 aliphatic heterocycles. The molecule has 7 heteroatoms. The molecule has 134 valence electrons. The topological polar surface area (TPSA) is 47.0 Å². The molecular weight excluding hydrogens is 393 g/mol. The van der Waals surface area contributed by atoms with E-state index >= 15 is 0 Å². The average molecular weight is 409 g/mol. The number of hydrogen-bond donors (Lipinski definition) is 1. The van der Waals surface area contributed by atoms with Crippen LogP contribution >= 0.6 is 34.8 Å². The first-order chi connectivity index (χ1) is 12.5. The van der Waals surface area contributed by atoms with Crippen molar-refractivity contribution in [1.82, 2.24) is 9.97 Å². The second-order valence-electron chi connectivity index (χ2n) is 5.65. The van der Waals surface area contributed by atoms with Crippen LogP contribution in [-0.2, 0) is 6.42 Å². The highest BCUT2D eigenvalue weighted by Gasteiger charge is 2.05. The Labute approximate surface area is 167 Å². The standard InChI is InChI=1S/C19H16Cl3N3O/c1-12-18(22)19(25-11-24-12)23-7-6-13-2-4-16(5-3-13)26-17-9-14(20)8-15(21)10-17/h2-5,8-11H,6-7H2,1H3,(H,23,24,25). The number of nitrogens with zero attached hydrogens (tertiary/aromatic N) is 2. The molecule has 0 saturated heterocycles. The molecule has 1 heterocycles. The number of anilines is 1. The summed E-state index contributed by atoms with van der Waals surface area (Å²) in [5, 5.41) is 4.85. The molecule has 1 aromatic heterocycles. The highest BCUT2D eigenvalue weighted by Crippen LogP contribution is 2.28. The Hall–Kier alpha value is -2.01. The van der Waals surface area contributed by atoms with Gasteiger partial charge in [-0.05, 0) is 49.2 Å². The van der Waals surface area contributed by atoms with Crippen molar-refractivity contribution >= 4 is 40.6 Å². The quantitative estimate of drug-likeness (QED) is 0.528. The number of rotatable bonds is 6. The van der Waals surface area contributed by atoms with E-state index in [1.165, 1.54) is 6.33 Å². The fourth-order valence-electron chi connectivity index (χ4n) is 2.35. The molecule has 0 radical (unpaired) electrons. The zero-order chi connectivity index (χ0) is 18.5. The molecule has 4 nitrogen and oxygen atoms in total. The maximum atomic E-state index is 6.17. The van der Waals surface area contributed by atoms with Crippen molar-refractivity contribution in [3.05, 3.63) is 75.1 Å². The van der Waals surface area contributed by atoms with Crippen molar-refractivity contribution in [1.29, 1.82) is 0 Å². The maximum Gasteiger partial charge on any atom is 0.148 e. The first-order valence-electron chi connectivity index (χ1n) is 7.95. The Bertz CT molecular complexity index is 881. The van der Waals surface area contributed by atoms with Crippen LogP contribution < -0.4 is 10.1 Å². The van der Waals surface area contributed by atoms with Crippen molar-refractivity contribution in [2.75, 3.05) is 11.9 Å². The Morgan fingerprint density at radius 3 is 2.31 bits per heavy atom. The fourth-order valence-corrected chi connectivity index (χ4v) is 3.02. The Kier molecular flexibility index (Phi) is 6.20. The summed E-state index contributed by atoms with van der Waals surface area (Å²) < 4.78 is 5.78. The number of aromatic nitrogens is 2. The second-order valence-corrected chi connectivity index (χ2v) is 6.90. The summed E-state index contributed by atoms with van der Waals surface area (Å²) in [6.45, 7) is 2.56. The molecule has 0 unspecified atom stereocenters. The van der Waals surface area contributed by atoms with Gasteiger partial charge in [-0.3, -0.25) is 0 Å². The Morgan fingerprint density at radius 1 is 0.923 bits per heavy atom. The van der Waals surface area contributed by atoms with Crippen molar-refractivity contribution in [2.45, 2.75) is 13.3 Å². The summed E-state index contributed by atoms with van der Waals surface area (Å²) in [4.78, 5) is 8.20. The number of ether oxygens (including phenoxy) is 1. The molecule has 3 rings (SSSR count). The third-order valence-electron chi connectivity index (χ3n) is 3.67. The predicted octanol–water partition coefficient (Wildman–Crippen LogP) is 6.19. The van der Waals surface area contributed by atoms with Crippen LogP contribution in [-0.4, -0.2) is 16.5 Å². The van der Waals surface area contributed by atoms with E-state index in [1.807, 2.05) is 31.2 Å². The summed E-state index contributed by atoms with van der Waals surface area (Å²) in [5.41, 5.74) is 1.92. The normalized spacial score (nSPS) is 10.6. The minimum atomic E-state index is 0.536. The van der Waals surface area contributed by atoms with E-state index in [-0.39, 0.29) is 0 Å². The van der Waals surface area contributed by atoms with E-state index in [0.717, 1.165) is 23.4 Å². The van der Waals surface area contributed by atoms with Gasteiger partial charge >= 0.3 is 0 Å². The molecule has 0 saturated carbocycles. The lowest BCUT2D eigenvalue weighted by Crippen LogP contribution is -2.07. The molecular formula is C19H16Cl3N3O. The van der Waals surface area contributed by atoms with Crippen LogP contribution in [0, 0.1) is 6.92 Å². The van der Waals surface area contributed by atoms with Gasteiger partial charge in [-0.15, -0.1) is 0 Å². The third kappa shape index (κ3) is 5.01. The van der Waals surface area contributed by atoms with Gasteiger partial charge in [0, 0.05) is 16.6 Å². The van der Waals surface area contributed by atoms with Gasteiger partial charge in [0.05, 0.1) is 5.69 Å². The molecule has 0 bridgehead atoms. The highest BCUT2D eigenvalue weighted by atomic mass is 35.5. The molecule has 0 spiro atoms. The molecule has 0 atom stereocenters. The smallest absolute Gasteiger partial charge is 0.148 e. The first-order valence-corrected chi connectivity index (χ1v) is 9.08. The van der Waals surface area contributed by atoms with E-state index in [1.54, 1.807) is 18.2 Å². The molecule has 3 aromatic rings. The molecule has 0 aliphatic carbocycles. The minimum Gasteiger partial charge on any atom is -0.457 e. The summed E-state index contributed by atoms with van der Waals surface area (Å²) in [6.07, 6.45) is 2.32. The van der Waals surface area contributed by atoms with Gasteiger partial charge < -0.3 is 10.1 Å². The van der Waals surface area contributed by atoms with Crippen LogP contribution in [0.2, 0.25) is 15.1 Å². The van der Waals surface area contributed by atoms with Crippen molar-refractivity contribution in [3.63, 3.8) is 0 Å². The lowest BCUT2D eigenvalue weighted by molar-refractivity contribution is 0.482. The minimum absolute atomic E-state index is 0.536. The van der Waals surface area contributed by atoms with Crippen molar-refractivity contribution < 1.29 is 4.74 Å². The van der Waals surface area contributed by atoms with E-state index in [4.69, 9.17) is 39.5 Å². The van der Waals surface area contributed by atoms with Gasteiger partial charge in [-0.1, -0.05) is 46.9 Å². The predicted molar refractivity (Wildman–Crippen MR) is 107 cm³/mol. The van der Waals surface area contributed by atoms with Crippen LogP contribution in [0.15, 0.2) is 48.8 Å². The van der Waals surface area contributed by atoms with E-state index in [0.29, 0.717) is 33.2 Å². The van der Waals surface area contributed by atoms with Crippen LogP contribution in [0.5, 0.6) is 11.5 Å². The first kappa shape index (κ1) is 18.8. The number of aryl methyl sites for hydroxylation is 1. The molecule has 2 aromatic carbocycles. The number of benzene rings is 2. The lowest BCUT2D eigenvalue weighted by Gasteiger charge is -2.09. The molecule has 0 fully saturated rings. The molecule has 26 heavy (non-hydrogen) atoms. The van der Waals surface area contributed by atoms with Crippen LogP contribution in [0.4, 0.5) is 5.82 Å². The van der Waals surface area contributed by atoms with Gasteiger partial charge in [0.1, 0.15) is 28.7 Å². The zero-order valence-corrected chi connectivity index (χ0v) is 16.2. The zero-order valence-electron chi connectivity index (χ0n) is 14.0. The van der Waals surface area contributed by atoms with Crippen LogP contribution in [0.3, 0.4) is 0 Å². The monoisotopic (exact) mass is 407 g/mol. The second kappa shape index (κ2) is 8.58. The SMILES string of the molecule is Cc1ncnc(NCCc2ccc(Oc3cc(Cl)cc(Cl)c3)cc2)c1Cl. The summed E-state index contributed by atoms with van der Waals surface area (Å²) in [6, 6.07) is 12.9. The Morgan fingerprint density at radius 2 is 1.62 bits per heavy atom. The summed E-state index contributed by atoms with van der Waals surface area (Å²) in [5.74, 6) is 1.97. The van der Waals surface area contributed by atoms with Gasteiger partial charge in [0.25, 0.3) is 0 Å². The van der Waals surface area contributed by atoms with E-state index < -0.39 is 0 Å². The summed E-state index contributed by atoms with van der Waals surface area (Å²) >= 11 is 18.1. The highest BCUT2D eigenvalue weighted by molar-refractivity contribution is 6.34. The average Bonchev–Trinajstić information content (AvgIpc) is 2.59. The largest absolute Gasteiger partial charge is 0.457 e. The van der Waals surface area contributed by atoms with Gasteiger partial charge in [0.2, 0.25) is 0 Å². The van der Waals surface area contributed by atoms with E-state index in [2.05, 4.69) is 15.3 Å². The number of halogens is 3. The fraction of sp³-hybridized carbons (Fsp3) is 0.158. The van der Waals surface area contributed by atoms with E-state index in [9.17, 15) is 0 Å². The van der Waals surface area contributed by atoms with Crippen LogP contribution in [0.25, 0.3) is 0 Å².